The van der Waals surface area contributed by atoms with Crippen LogP contribution in [-0.4, -0.2) is 62.3 Å². The van der Waals surface area contributed by atoms with E-state index in [9.17, 15) is 13.2 Å². The van der Waals surface area contributed by atoms with Gasteiger partial charge in [0.2, 0.25) is 15.9 Å². The van der Waals surface area contributed by atoms with Crippen LogP contribution in [-0.2, 0) is 14.8 Å². The maximum Gasteiger partial charge on any atom is 0.243 e. The summed E-state index contributed by atoms with van der Waals surface area (Å²) in [4.78, 5) is 15.1. The lowest BCUT2D eigenvalue weighted by Gasteiger charge is -2.33. The Labute approximate surface area is 175 Å². The molecular formula is C22H35N3O3S. The molecule has 0 aromatic heterocycles. The number of hydrogen-bond acceptors (Lipinski definition) is 4. The molecule has 1 aromatic rings. The van der Waals surface area contributed by atoms with E-state index in [0.29, 0.717) is 30.4 Å². The second-order valence-electron chi connectivity index (χ2n) is 8.45. The van der Waals surface area contributed by atoms with Crippen LogP contribution in [0.25, 0.3) is 0 Å². The summed E-state index contributed by atoms with van der Waals surface area (Å²) in [6, 6.07) is 9.25. The predicted octanol–water partition coefficient (Wildman–Crippen LogP) is 2.86. The molecule has 0 unspecified atom stereocenters. The molecule has 1 N–H and O–H groups in total. The zero-order chi connectivity index (χ0) is 20.7. The molecule has 3 rings (SSSR count). The minimum atomic E-state index is -3.42. The van der Waals surface area contributed by atoms with E-state index in [-0.39, 0.29) is 11.8 Å². The van der Waals surface area contributed by atoms with Gasteiger partial charge in [-0.25, -0.2) is 8.42 Å². The average molecular weight is 422 g/mol. The summed E-state index contributed by atoms with van der Waals surface area (Å²) in [5, 5.41) is 3.05. The van der Waals surface area contributed by atoms with E-state index >= 15 is 0 Å². The maximum atomic E-state index is 12.7. The lowest BCUT2D eigenvalue weighted by molar-refractivity contribution is -0.122. The molecule has 0 aliphatic carbocycles. The Bertz CT molecular complexity index is 746. The SMILES string of the molecule is C[C@H]1CCCCN1CCCNC(=O)CC1CCN(S(=O)(=O)c2ccccc2)CC1. The number of piperidine rings is 2. The lowest BCUT2D eigenvalue weighted by atomic mass is 9.94. The number of nitrogens with zero attached hydrogens (tertiary/aromatic N) is 2. The molecule has 0 radical (unpaired) electrons. The highest BCUT2D eigenvalue weighted by Gasteiger charge is 2.30. The second kappa shape index (κ2) is 10.5. The van der Waals surface area contributed by atoms with Crippen LogP contribution in [0.5, 0.6) is 0 Å². The highest BCUT2D eigenvalue weighted by Crippen LogP contribution is 2.25. The summed E-state index contributed by atoms with van der Waals surface area (Å²) in [6.45, 7) is 6.23. The quantitative estimate of drug-likeness (QED) is 0.656. The molecule has 2 saturated heterocycles. The highest BCUT2D eigenvalue weighted by molar-refractivity contribution is 7.89. The standard InChI is InChI=1S/C22H35N3O3S/c1-19-8-5-6-14-24(19)15-7-13-23-22(26)18-20-11-16-25(17-12-20)29(27,28)21-9-3-2-4-10-21/h2-4,9-10,19-20H,5-8,11-18H2,1H3,(H,23,26)/t19-/m0/s1. The molecule has 7 heteroatoms. The molecule has 29 heavy (non-hydrogen) atoms. The largest absolute Gasteiger partial charge is 0.356 e. The number of likely N-dealkylation sites (tertiary alicyclic amines) is 1. The molecule has 1 atom stereocenters. The Balaban J connectivity index is 1.34. The molecule has 1 amide bonds. The first-order chi connectivity index (χ1) is 14.0. The minimum absolute atomic E-state index is 0.0982. The van der Waals surface area contributed by atoms with Crippen molar-refractivity contribution in [1.82, 2.24) is 14.5 Å². The monoisotopic (exact) mass is 421 g/mol. The second-order valence-corrected chi connectivity index (χ2v) is 10.4. The van der Waals surface area contributed by atoms with Gasteiger partial charge in [0.15, 0.2) is 0 Å². The number of rotatable bonds is 8. The Morgan fingerprint density at radius 2 is 1.79 bits per heavy atom. The summed E-state index contributed by atoms with van der Waals surface area (Å²) in [6.07, 6.45) is 6.87. The van der Waals surface area contributed by atoms with Crippen molar-refractivity contribution in [2.45, 2.75) is 62.8 Å². The fourth-order valence-electron chi connectivity index (χ4n) is 4.43. The van der Waals surface area contributed by atoms with Crippen LogP contribution in [0.3, 0.4) is 0 Å². The van der Waals surface area contributed by atoms with Gasteiger partial charge >= 0.3 is 0 Å². The van der Waals surface area contributed by atoms with Gasteiger partial charge in [-0.05, 0) is 63.6 Å². The Morgan fingerprint density at radius 1 is 1.07 bits per heavy atom. The van der Waals surface area contributed by atoms with Gasteiger partial charge in [0.25, 0.3) is 0 Å². The molecule has 1 aromatic carbocycles. The van der Waals surface area contributed by atoms with Crippen LogP contribution in [0.2, 0.25) is 0 Å². The van der Waals surface area contributed by atoms with Crippen LogP contribution in [0.4, 0.5) is 0 Å². The third kappa shape index (κ3) is 6.27. The van der Waals surface area contributed by atoms with Crippen molar-refractivity contribution < 1.29 is 13.2 Å². The Morgan fingerprint density at radius 3 is 2.48 bits per heavy atom. The molecule has 162 valence electrons. The van der Waals surface area contributed by atoms with Crippen molar-refractivity contribution in [3.63, 3.8) is 0 Å². The summed E-state index contributed by atoms with van der Waals surface area (Å²) in [5.74, 6) is 0.361. The van der Waals surface area contributed by atoms with Crippen LogP contribution >= 0.6 is 0 Å². The number of carbonyl (C=O) groups excluding carboxylic acids is 1. The van der Waals surface area contributed by atoms with E-state index in [1.54, 1.807) is 28.6 Å². The van der Waals surface area contributed by atoms with E-state index in [4.69, 9.17) is 0 Å². The first-order valence-electron chi connectivity index (χ1n) is 11.0. The Kier molecular flexibility index (Phi) is 8.09. The van der Waals surface area contributed by atoms with Crippen LogP contribution in [0.1, 0.15) is 51.9 Å². The van der Waals surface area contributed by atoms with E-state index in [1.807, 2.05) is 6.07 Å². The van der Waals surface area contributed by atoms with Crippen LogP contribution < -0.4 is 5.32 Å². The first kappa shape index (κ1) is 22.2. The number of hydrogen-bond donors (Lipinski definition) is 1. The minimum Gasteiger partial charge on any atom is -0.356 e. The molecule has 2 aliphatic heterocycles. The molecular weight excluding hydrogens is 386 g/mol. The predicted molar refractivity (Wildman–Crippen MR) is 115 cm³/mol. The smallest absolute Gasteiger partial charge is 0.243 e. The summed E-state index contributed by atoms with van der Waals surface area (Å²) < 4.78 is 26.9. The van der Waals surface area contributed by atoms with Gasteiger partial charge in [-0.15, -0.1) is 0 Å². The highest BCUT2D eigenvalue weighted by atomic mass is 32.2. The third-order valence-corrected chi connectivity index (χ3v) is 8.23. The van der Waals surface area contributed by atoms with Gasteiger partial charge < -0.3 is 10.2 Å². The molecule has 6 nitrogen and oxygen atoms in total. The molecule has 2 heterocycles. The van der Waals surface area contributed by atoms with Gasteiger partial charge in [0, 0.05) is 38.6 Å². The number of carbonyl (C=O) groups is 1. The number of sulfonamides is 1. The number of benzene rings is 1. The van der Waals surface area contributed by atoms with Crippen molar-refractivity contribution in [1.29, 1.82) is 0 Å². The normalized spacial score (nSPS) is 22.4. The topological polar surface area (TPSA) is 69.7 Å². The number of amides is 1. The van der Waals surface area contributed by atoms with Gasteiger partial charge in [-0.2, -0.15) is 4.31 Å². The summed E-state index contributed by atoms with van der Waals surface area (Å²) >= 11 is 0. The van der Waals surface area contributed by atoms with Crippen LogP contribution in [0, 0.1) is 5.92 Å². The maximum absolute atomic E-state index is 12.7. The van der Waals surface area contributed by atoms with Crippen molar-refractivity contribution in [3.8, 4) is 0 Å². The average Bonchev–Trinajstić information content (AvgIpc) is 2.73. The first-order valence-corrected chi connectivity index (χ1v) is 12.5. The van der Waals surface area contributed by atoms with Gasteiger partial charge in [-0.1, -0.05) is 24.6 Å². The van der Waals surface area contributed by atoms with E-state index in [2.05, 4.69) is 17.1 Å². The summed E-state index contributed by atoms with van der Waals surface area (Å²) in [5.41, 5.74) is 0. The van der Waals surface area contributed by atoms with Gasteiger partial charge in [0.05, 0.1) is 4.90 Å². The molecule has 0 spiro atoms. The lowest BCUT2D eigenvalue weighted by Crippen LogP contribution is -2.40. The van der Waals surface area contributed by atoms with Crippen molar-refractivity contribution in [3.05, 3.63) is 30.3 Å². The molecule has 2 aliphatic rings. The van der Waals surface area contributed by atoms with Crippen molar-refractivity contribution in [2.75, 3.05) is 32.7 Å². The molecule has 2 fully saturated rings. The molecule has 0 saturated carbocycles. The van der Waals surface area contributed by atoms with Gasteiger partial charge in [-0.3, -0.25) is 4.79 Å². The number of nitrogens with one attached hydrogen (secondary N) is 1. The van der Waals surface area contributed by atoms with E-state index in [1.165, 1.54) is 25.8 Å². The van der Waals surface area contributed by atoms with Gasteiger partial charge in [0.1, 0.15) is 0 Å². The summed E-state index contributed by atoms with van der Waals surface area (Å²) in [7, 11) is -3.42. The fraction of sp³-hybridized carbons (Fsp3) is 0.682. The van der Waals surface area contributed by atoms with Crippen molar-refractivity contribution in [2.24, 2.45) is 5.92 Å². The van der Waals surface area contributed by atoms with E-state index < -0.39 is 10.0 Å². The van der Waals surface area contributed by atoms with Crippen molar-refractivity contribution >= 4 is 15.9 Å². The Hall–Kier alpha value is -1.44. The zero-order valence-electron chi connectivity index (χ0n) is 17.6. The third-order valence-electron chi connectivity index (χ3n) is 6.31. The van der Waals surface area contributed by atoms with E-state index in [0.717, 1.165) is 32.4 Å². The molecule has 0 bridgehead atoms. The fourth-order valence-corrected chi connectivity index (χ4v) is 5.92. The zero-order valence-corrected chi connectivity index (χ0v) is 18.4. The van der Waals surface area contributed by atoms with Crippen LogP contribution in [0.15, 0.2) is 35.2 Å².